The fourth-order valence-electron chi connectivity index (χ4n) is 1.44. The Morgan fingerprint density at radius 3 is 0.941 bits per heavy atom. The topological polar surface area (TPSA) is 4.44 Å². The van der Waals surface area contributed by atoms with Crippen LogP contribution in [0.3, 0.4) is 0 Å². The molecule has 8 heteroatoms. The third-order valence-corrected chi connectivity index (χ3v) is 1.81. The molecule has 0 aromatic heterocycles. The van der Waals surface area contributed by atoms with Gasteiger partial charge in [-0.3, -0.25) is 0 Å². The van der Waals surface area contributed by atoms with Crippen molar-refractivity contribution in [3.05, 3.63) is 0 Å². The monoisotopic (exact) mass is 289 g/mol. The Morgan fingerprint density at radius 2 is 0.824 bits per heavy atom. The van der Waals surface area contributed by atoms with Gasteiger partial charge in [0.2, 0.25) is 0 Å². The Morgan fingerprint density at radius 1 is 0.647 bits per heavy atom. The minimum absolute atomic E-state index is 1.33. The third-order valence-electron chi connectivity index (χ3n) is 1.81. The summed E-state index contributed by atoms with van der Waals surface area (Å²) in [6.07, 6.45) is 3.99. The second kappa shape index (κ2) is 6.23. The van der Waals surface area contributed by atoms with Crippen molar-refractivity contribution in [1.82, 2.24) is 0 Å². The van der Waals surface area contributed by atoms with Crippen molar-refractivity contribution in [2.24, 2.45) is 0 Å². The van der Waals surface area contributed by atoms with Crippen LogP contribution in [-0.2, 0) is 0 Å². The van der Waals surface area contributed by atoms with Crippen molar-refractivity contribution in [2.75, 3.05) is 19.6 Å². The van der Waals surface area contributed by atoms with Gasteiger partial charge in [-0.2, -0.15) is 0 Å². The molecule has 0 aromatic rings. The summed E-state index contributed by atoms with van der Waals surface area (Å²) in [5.41, 5.74) is 0. The third kappa shape index (κ3) is 38.7. The van der Waals surface area contributed by atoms with Crippen molar-refractivity contribution in [2.45, 2.75) is 40.0 Å². The van der Waals surface area contributed by atoms with E-state index < -0.39 is 7.81 Å². The van der Waals surface area contributed by atoms with Crippen LogP contribution in [0, 0.1) is 0 Å². The van der Waals surface area contributed by atoms with Gasteiger partial charge >= 0.3 is 33.0 Å². The van der Waals surface area contributed by atoms with Crippen LogP contribution in [0.15, 0.2) is 0 Å². The van der Waals surface area contributed by atoms with Gasteiger partial charge < -0.3 is 4.90 Å². The summed E-state index contributed by atoms with van der Waals surface area (Å²) >= 11 is 0. The van der Waals surface area contributed by atoms with Gasteiger partial charge in [-0.05, 0) is 19.3 Å². The van der Waals surface area contributed by atoms with Crippen molar-refractivity contribution in [3.8, 4) is 0 Å². The standard InChI is InChI=1S/C9H21N.F6P/c1-4-7-10(8-5-2)9-6-3;1-7(2,3,4,5)6/h4-9H2,1-3H3;/q;-1/p+1. The van der Waals surface area contributed by atoms with Crippen molar-refractivity contribution < 1.29 is 30.1 Å². The molecule has 0 aliphatic heterocycles. The zero-order chi connectivity index (χ0) is 14.2. The van der Waals surface area contributed by atoms with Crippen LogP contribution in [0.1, 0.15) is 40.0 Å². The summed E-state index contributed by atoms with van der Waals surface area (Å²) in [5.74, 6) is 0. The molecule has 0 unspecified atom stereocenters. The van der Waals surface area contributed by atoms with Crippen LogP contribution in [0.2, 0.25) is 0 Å². The summed E-state index contributed by atoms with van der Waals surface area (Å²) < 4.78 is 59.2. The fraction of sp³-hybridized carbons (Fsp3) is 1.00. The number of hydrogen-bond acceptors (Lipinski definition) is 0. The summed E-state index contributed by atoms with van der Waals surface area (Å²) in [4.78, 5) is 1.78. The summed E-state index contributed by atoms with van der Waals surface area (Å²) in [6, 6.07) is 0. The van der Waals surface area contributed by atoms with E-state index >= 15 is 0 Å². The van der Waals surface area contributed by atoms with Gasteiger partial charge in [0.1, 0.15) is 0 Å². The molecule has 110 valence electrons. The molecule has 0 radical (unpaired) electrons. The normalized spacial score (nSPS) is 15.9. The number of hydrogen-bond donors (Lipinski definition) is 1. The van der Waals surface area contributed by atoms with E-state index in [-0.39, 0.29) is 0 Å². The predicted octanol–water partition coefficient (Wildman–Crippen LogP) is 4.48. The van der Waals surface area contributed by atoms with Gasteiger partial charge in [0.05, 0.1) is 19.6 Å². The second-order valence-electron chi connectivity index (χ2n) is 3.96. The van der Waals surface area contributed by atoms with Gasteiger partial charge in [-0.15, -0.1) is 0 Å². The molecule has 0 atom stereocenters. The summed E-state index contributed by atoms with van der Waals surface area (Å²) in [7, 11) is -10.7. The molecule has 17 heavy (non-hydrogen) atoms. The molecule has 0 amide bonds. The molecule has 1 N–H and O–H groups in total. The van der Waals surface area contributed by atoms with E-state index in [9.17, 15) is 25.2 Å². The Labute approximate surface area is 98.4 Å². The maximum atomic E-state index is 9.87. The molecule has 0 rings (SSSR count). The van der Waals surface area contributed by atoms with Crippen LogP contribution < -0.4 is 4.90 Å². The van der Waals surface area contributed by atoms with Crippen LogP contribution in [0.4, 0.5) is 25.2 Å². The Kier molecular flexibility index (Phi) is 7.08. The first-order valence-corrected chi connectivity index (χ1v) is 7.72. The molecule has 0 saturated heterocycles. The predicted molar refractivity (Wildman–Crippen MR) is 60.0 cm³/mol. The van der Waals surface area contributed by atoms with Crippen molar-refractivity contribution in [3.63, 3.8) is 0 Å². The second-order valence-corrected chi connectivity index (χ2v) is 5.87. The quantitative estimate of drug-likeness (QED) is 0.543. The van der Waals surface area contributed by atoms with Crippen LogP contribution in [0.5, 0.6) is 0 Å². The molecule has 0 saturated carbocycles. The Balaban J connectivity index is 0. The molecule has 1 nitrogen and oxygen atoms in total. The van der Waals surface area contributed by atoms with Crippen molar-refractivity contribution in [1.29, 1.82) is 0 Å². The molecule has 0 fully saturated rings. The maximum absolute atomic E-state index is 10.7. The number of rotatable bonds is 6. The van der Waals surface area contributed by atoms with E-state index in [1.165, 1.54) is 38.9 Å². The van der Waals surface area contributed by atoms with E-state index in [2.05, 4.69) is 20.8 Å². The van der Waals surface area contributed by atoms with Gasteiger partial charge in [0.15, 0.2) is 0 Å². The van der Waals surface area contributed by atoms with E-state index in [0.717, 1.165) is 0 Å². The van der Waals surface area contributed by atoms with Gasteiger partial charge in [0.25, 0.3) is 0 Å². The van der Waals surface area contributed by atoms with Gasteiger partial charge in [-0.25, -0.2) is 0 Å². The van der Waals surface area contributed by atoms with E-state index in [1.807, 2.05) is 0 Å². The van der Waals surface area contributed by atoms with Crippen LogP contribution >= 0.6 is 7.81 Å². The molecule has 0 spiro atoms. The molecule has 0 heterocycles. The summed E-state index contributed by atoms with van der Waals surface area (Å²) in [6.45, 7) is 10.9. The zero-order valence-electron chi connectivity index (χ0n) is 10.5. The average Bonchev–Trinajstić information content (AvgIpc) is 1.99. The van der Waals surface area contributed by atoms with Gasteiger partial charge in [0, 0.05) is 0 Å². The zero-order valence-corrected chi connectivity index (χ0v) is 11.4. The van der Waals surface area contributed by atoms with Crippen LogP contribution in [0.25, 0.3) is 0 Å². The SMILES string of the molecule is CCC[NH+](CCC)CCC.F[P-](F)(F)(F)(F)F. The van der Waals surface area contributed by atoms with Crippen molar-refractivity contribution >= 4 is 7.81 Å². The molecule has 0 aromatic carbocycles. The fourth-order valence-corrected chi connectivity index (χ4v) is 1.44. The van der Waals surface area contributed by atoms with E-state index in [4.69, 9.17) is 0 Å². The average molecular weight is 289 g/mol. The molecular formula is C9H22F6NP. The number of nitrogens with one attached hydrogen (secondary N) is 1. The Hall–Kier alpha value is -0.0300. The van der Waals surface area contributed by atoms with E-state index in [0.29, 0.717) is 0 Å². The molecule has 0 aliphatic rings. The molecule has 0 aliphatic carbocycles. The first-order valence-electron chi connectivity index (χ1n) is 5.70. The number of halogens is 6. The van der Waals surface area contributed by atoms with Gasteiger partial charge in [-0.1, -0.05) is 20.8 Å². The minimum atomic E-state index is -10.7. The summed E-state index contributed by atoms with van der Waals surface area (Å²) in [5, 5.41) is 0. The first-order chi connectivity index (χ1) is 7.30. The van der Waals surface area contributed by atoms with E-state index in [1.54, 1.807) is 4.90 Å². The Bertz CT molecular complexity index is 173. The molecular weight excluding hydrogens is 267 g/mol. The first kappa shape index (κ1) is 19.3. The number of quaternary nitrogens is 1. The van der Waals surface area contributed by atoms with Crippen LogP contribution in [-0.4, -0.2) is 19.6 Å². The molecule has 0 bridgehead atoms.